The fourth-order valence-electron chi connectivity index (χ4n) is 3.05. The van der Waals surface area contributed by atoms with Gasteiger partial charge in [-0.05, 0) is 19.3 Å². The standard InChI is InChI=1S/C15H26N4O4S/c1-10(2)7-11(3)19-14(5-6-16-19)18-15(20)17-12-8-24(21,22)9-13(12)23-4/h5-6,10-13H,7-9H2,1-4H3,(H2,17,18,20). The second-order valence-electron chi connectivity index (χ2n) is 6.70. The largest absolute Gasteiger partial charge is 0.378 e. The Bertz CT molecular complexity index is 671. The molecule has 1 saturated heterocycles. The molecule has 1 aromatic rings. The molecule has 0 aliphatic carbocycles. The van der Waals surface area contributed by atoms with Gasteiger partial charge in [-0.2, -0.15) is 5.10 Å². The summed E-state index contributed by atoms with van der Waals surface area (Å²) in [5.74, 6) is 0.909. The van der Waals surface area contributed by atoms with Crippen LogP contribution in [0.25, 0.3) is 0 Å². The summed E-state index contributed by atoms with van der Waals surface area (Å²) in [6, 6.07) is 0.853. The van der Waals surface area contributed by atoms with E-state index in [-0.39, 0.29) is 17.5 Å². The molecule has 1 aliphatic heterocycles. The zero-order valence-corrected chi connectivity index (χ0v) is 15.3. The van der Waals surface area contributed by atoms with Gasteiger partial charge in [-0.3, -0.25) is 5.32 Å². The van der Waals surface area contributed by atoms with E-state index in [1.807, 2.05) is 6.92 Å². The highest BCUT2D eigenvalue weighted by atomic mass is 32.2. The lowest BCUT2D eigenvalue weighted by atomic mass is 10.1. The Hall–Kier alpha value is -1.61. The van der Waals surface area contributed by atoms with E-state index in [1.165, 1.54) is 7.11 Å². The SMILES string of the molecule is COC1CS(=O)(=O)CC1NC(=O)Nc1ccnn1C(C)CC(C)C. The Labute approximate surface area is 142 Å². The van der Waals surface area contributed by atoms with Gasteiger partial charge in [0.25, 0.3) is 0 Å². The van der Waals surface area contributed by atoms with E-state index in [9.17, 15) is 13.2 Å². The third-order valence-electron chi connectivity index (χ3n) is 4.06. The van der Waals surface area contributed by atoms with Crippen LogP contribution in [0, 0.1) is 5.92 Å². The van der Waals surface area contributed by atoms with Gasteiger partial charge in [-0.25, -0.2) is 17.9 Å². The molecule has 1 aliphatic rings. The summed E-state index contributed by atoms with van der Waals surface area (Å²) in [6.45, 7) is 6.30. The molecule has 24 heavy (non-hydrogen) atoms. The number of nitrogens with zero attached hydrogens (tertiary/aromatic N) is 2. The van der Waals surface area contributed by atoms with Crippen molar-refractivity contribution in [3.8, 4) is 0 Å². The maximum absolute atomic E-state index is 12.2. The molecule has 0 spiro atoms. The molecule has 0 saturated carbocycles. The molecule has 2 N–H and O–H groups in total. The third-order valence-corrected chi connectivity index (χ3v) is 5.77. The molecular formula is C15H26N4O4S. The van der Waals surface area contributed by atoms with Crippen molar-refractivity contribution < 1.29 is 17.9 Å². The Kier molecular flexibility index (Phi) is 5.87. The van der Waals surface area contributed by atoms with Gasteiger partial charge in [0.15, 0.2) is 9.84 Å². The van der Waals surface area contributed by atoms with Gasteiger partial charge in [-0.15, -0.1) is 0 Å². The van der Waals surface area contributed by atoms with Crippen molar-refractivity contribution in [3.05, 3.63) is 12.3 Å². The van der Waals surface area contributed by atoms with Crippen molar-refractivity contribution in [3.63, 3.8) is 0 Å². The van der Waals surface area contributed by atoms with E-state index in [4.69, 9.17) is 4.74 Å². The van der Waals surface area contributed by atoms with E-state index in [0.717, 1.165) is 6.42 Å². The average Bonchev–Trinajstić information content (AvgIpc) is 3.01. The number of nitrogens with one attached hydrogen (secondary N) is 2. The van der Waals surface area contributed by atoms with Crippen LogP contribution in [0.15, 0.2) is 12.3 Å². The molecule has 9 heteroatoms. The second-order valence-corrected chi connectivity index (χ2v) is 8.85. The van der Waals surface area contributed by atoms with Crippen molar-refractivity contribution in [2.45, 2.75) is 45.4 Å². The van der Waals surface area contributed by atoms with Crippen LogP contribution < -0.4 is 10.6 Å². The Balaban J connectivity index is 2.00. The first-order valence-corrected chi connectivity index (χ1v) is 9.88. The Morgan fingerprint density at radius 3 is 2.75 bits per heavy atom. The summed E-state index contributed by atoms with van der Waals surface area (Å²) < 4.78 is 30.3. The quantitative estimate of drug-likeness (QED) is 0.801. The number of carbonyl (C=O) groups is 1. The number of anilines is 1. The summed E-state index contributed by atoms with van der Waals surface area (Å²) in [4.78, 5) is 12.2. The molecule has 8 nitrogen and oxygen atoms in total. The fourth-order valence-corrected chi connectivity index (χ4v) is 4.90. The zero-order valence-electron chi connectivity index (χ0n) is 14.5. The highest BCUT2D eigenvalue weighted by Crippen LogP contribution is 2.21. The van der Waals surface area contributed by atoms with Crippen LogP contribution in [0.5, 0.6) is 0 Å². The van der Waals surface area contributed by atoms with Crippen molar-refractivity contribution in [1.82, 2.24) is 15.1 Å². The Morgan fingerprint density at radius 1 is 1.42 bits per heavy atom. The van der Waals surface area contributed by atoms with Crippen LogP contribution in [-0.2, 0) is 14.6 Å². The number of methoxy groups -OCH3 is 1. The topological polar surface area (TPSA) is 102 Å². The molecule has 3 atom stereocenters. The first-order chi connectivity index (χ1) is 11.2. The van der Waals surface area contributed by atoms with Gasteiger partial charge >= 0.3 is 6.03 Å². The highest BCUT2D eigenvalue weighted by Gasteiger charge is 2.38. The minimum atomic E-state index is -3.18. The molecule has 3 unspecified atom stereocenters. The van der Waals surface area contributed by atoms with Crippen LogP contribution in [0.4, 0.5) is 10.6 Å². The molecule has 1 fully saturated rings. The summed E-state index contributed by atoms with van der Waals surface area (Å²) in [6.07, 6.45) is 2.04. The van der Waals surface area contributed by atoms with Gasteiger partial charge in [-0.1, -0.05) is 13.8 Å². The minimum absolute atomic E-state index is 0.0716. The van der Waals surface area contributed by atoms with Crippen LogP contribution in [0.1, 0.15) is 33.2 Å². The molecule has 2 amide bonds. The molecule has 2 rings (SSSR count). The lowest BCUT2D eigenvalue weighted by molar-refractivity contribution is 0.102. The first-order valence-electron chi connectivity index (χ1n) is 8.06. The van der Waals surface area contributed by atoms with Gasteiger partial charge < -0.3 is 10.1 Å². The zero-order chi connectivity index (χ0) is 17.9. The van der Waals surface area contributed by atoms with Crippen molar-refractivity contribution in [2.75, 3.05) is 23.9 Å². The monoisotopic (exact) mass is 358 g/mol. The lowest BCUT2D eigenvalue weighted by Crippen LogP contribution is -2.45. The van der Waals surface area contributed by atoms with Gasteiger partial charge in [0.1, 0.15) is 5.82 Å². The molecule has 0 bridgehead atoms. The van der Waals surface area contributed by atoms with E-state index in [2.05, 4.69) is 29.6 Å². The predicted molar refractivity (Wildman–Crippen MR) is 91.8 cm³/mol. The molecule has 1 aromatic heterocycles. The van der Waals surface area contributed by atoms with E-state index in [1.54, 1.807) is 16.9 Å². The van der Waals surface area contributed by atoms with Crippen LogP contribution in [0.2, 0.25) is 0 Å². The molecular weight excluding hydrogens is 332 g/mol. The van der Waals surface area contributed by atoms with Crippen LogP contribution >= 0.6 is 0 Å². The second kappa shape index (κ2) is 7.52. The van der Waals surface area contributed by atoms with E-state index >= 15 is 0 Å². The summed E-state index contributed by atoms with van der Waals surface area (Å²) >= 11 is 0. The Morgan fingerprint density at radius 2 is 2.12 bits per heavy atom. The maximum Gasteiger partial charge on any atom is 0.320 e. The molecule has 136 valence electrons. The van der Waals surface area contributed by atoms with Crippen LogP contribution in [-0.4, -0.2) is 55.0 Å². The summed E-state index contributed by atoms with van der Waals surface area (Å²) in [5.41, 5.74) is 0. The smallest absolute Gasteiger partial charge is 0.320 e. The van der Waals surface area contributed by atoms with Crippen LogP contribution in [0.3, 0.4) is 0 Å². The molecule has 2 heterocycles. The van der Waals surface area contributed by atoms with E-state index in [0.29, 0.717) is 11.7 Å². The normalized spacial score (nSPS) is 24.0. The number of rotatable bonds is 6. The van der Waals surface area contributed by atoms with E-state index < -0.39 is 28.0 Å². The molecule has 0 radical (unpaired) electrons. The van der Waals surface area contributed by atoms with Gasteiger partial charge in [0.2, 0.25) is 0 Å². The maximum atomic E-state index is 12.2. The number of urea groups is 1. The lowest BCUT2D eigenvalue weighted by Gasteiger charge is -2.20. The number of ether oxygens (including phenoxy) is 1. The summed E-state index contributed by atoms with van der Waals surface area (Å²) in [7, 11) is -1.74. The molecule has 0 aromatic carbocycles. The van der Waals surface area contributed by atoms with Crippen molar-refractivity contribution in [2.24, 2.45) is 5.92 Å². The minimum Gasteiger partial charge on any atom is -0.378 e. The fraction of sp³-hybridized carbons (Fsp3) is 0.733. The first kappa shape index (κ1) is 18.7. The van der Waals surface area contributed by atoms with Gasteiger partial charge in [0, 0.05) is 13.2 Å². The van der Waals surface area contributed by atoms with Crippen molar-refractivity contribution >= 4 is 21.7 Å². The third kappa shape index (κ3) is 4.70. The number of sulfone groups is 1. The number of carbonyl (C=O) groups excluding carboxylic acids is 1. The number of hydrogen-bond donors (Lipinski definition) is 2. The number of hydrogen-bond acceptors (Lipinski definition) is 5. The average molecular weight is 358 g/mol. The summed E-state index contributed by atoms with van der Waals surface area (Å²) in [5, 5.41) is 9.69. The van der Waals surface area contributed by atoms with Gasteiger partial charge in [0.05, 0.1) is 35.9 Å². The number of amides is 2. The number of aromatic nitrogens is 2. The van der Waals surface area contributed by atoms with Crippen molar-refractivity contribution in [1.29, 1.82) is 0 Å². The predicted octanol–water partition coefficient (Wildman–Crippen LogP) is 1.42. The highest BCUT2D eigenvalue weighted by molar-refractivity contribution is 7.91.